The first kappa shape index (κ1) is 26.4. The van der Waals surface area contributed by atoms with Crippen LogP contribution < -0.4 is 15.5 Å². The molecule has 0 fully saturated rings. The summed E-state index contributed by atoms with van der Waals surface area (Å²) in [5.41, 5.74) is 2.24. The van der Waals surface area contributed by atoms with Crippen molar-refractivity contribution in [3.63, 3.8) is 0 Å². The zero-order chi connectivity index (χ0) is 21.2. The fourth-order valence-electron chi connectivity index (χ4n) is 3.45. The molecule has 30 heavy (non-hydrogen) atoms. The summed E-state index contributed by atoms with van der Waals surface area (Å²) < 4.78 is 0. The number of aliphatic imine (C=N–C) groups is 1. The van der Waals surface area contributed by atoms with Crippen LogP contribution in [0, 0.1) is 0 Å². The van der Waals surface area contributed by atoms with Gasteiger partial charge in [0.15, 0.2) is 5.96 Å². The highest BCUT2D eigenvalue weighted by Crippen LogP contribution is 2.22. The number of pyridine rings is 1. The minimum absolute atomic E-state index is 0. The number of guanidine groups is 1. The molecule has 0 spiro atoms. The first-order valence-corrected chi connectivity index (χ1v) is 10.7. The number of benzene rings is 1. The molecule has 1 aromatic carbocycles. The van der Waals surface area contributed by atoms with Gasteiger partial charge in [-0.2, -0.15) is 0 Å². The van der Waals surface area contributed by atoms with Crippen molar-refractivity contribution in [1.29, 1.82) is 0 Å². The highest BCUT2D eigenvalue weighted by molar-refractivity contribution is 14.0. The van der Waals surface area contributed by atoms with Crippen LogP contribution in [0.15, 0.2) is 35.3 Å². The van der Waals surface area contributed by atoms with Crippen LogP contribution in [0.1, 0.15) is 39.2 Å². The molecule has 1 atom stereocenters. The number of rotatable bonds is 10. The van der Waals surface area contributed by atoms with Gasteiger partial charge in [-0.1, -0.05) is 32.0 Å². The molecule has 1 heterocycles. The van der Waals surface area contributed by atoms with E-state index in [-0.39, 0.29) is 24.0 Å². The molecule has 0 amide bonds. The van der Waals surface area contributed by atoms with E-state index in [2.05, 4.69) is 65.6 Å². The van der Waals surface area contributed by atoms with Crippen molar-refractivity contribution in [2.24, 2.45) is 4.99 Å². The summed E-state index contributed by atoms with van der Waals surface area (Å²) >= 11 is 0. The summed E-state index contributed by atoms with van der Waals surface area (Å²) in [5.74, 6) is 1.81. The fraction of sp³-hybridized carbons (Fsp3) is 0.565. The molecule has 0 saturated heterocycles. The maximum atomic E-state index is 4.74. The van der Waals surface area contributed by atoms with E-state index in [9.17, 15) is 0 Å². The Bertz CT molecular complexity index is 788. The second-order valence-electron chi connectivity index (χ2n) is 7.69. The third-order valence-corrected chi connectivity index (χ3v) is 5.31. The molecule has 0 bridgehead atoms. The lowest BCUT2D eigenvalue weighted by Crippen LogP contribution is -2.42. The van der Waals surface area contributed by atoms with Gasteiger partial charge in [0.25, 0.3) is 0 Å². The van der Waals surface area contributed by atoms with Gasteiger partial charge in [0, 0.05) is 39.1 Å². The summed E-state index contributed by atoms with van der Waals surface area (Å²) in [6, 6.07) is 10.8. The largest absolute Gasteiger partial charge is 0.363 e. The van der Waals surface area contributed by atoms with Gasteiger partial charge in [-0.25, -0.2) is 4.98 Å². The van der Waals surface area contributed by atoms with Crippen LogP contribution in [0.25, 0.3) is 10.9 Å². The highest BCUT2D eigenvalue weighted by atomic mass is 127. The number of hydrogen-bond donors (Lipinski definition) is 2. The van der Waals surface area contributed by atoms with Crippen molar-refractivity contribution in [1.82, 2.24) is 20.5 Å². The minimum atomic E-state index is 0. The van der Waals surface area contributed by atoms with E-state index in [1.807, 2.05) is 32.1 Å². The lowest BCUT2D eigenvalue weighted by molar-refractivity contribution is 0.292. The smallest absolute Gasteiger partial charge is 0.191 e. The van der Waals surface area contributed by atoms with Crippen LogP contribution in [0.5, 0.6) is 0 Å². The zero-order valence-corrected chi connectivity index (χ0v) is 21.7. The molecule has 168 valence electrons. The molecule has 1 unspecified atom stereocenters. The fourth-order valence-corrected chi connectivity index (χ4v) is 3.45. The average Bonchev–Trinajstić information content (AvgIpc) is 2.73. The van der Waals surface area contributed by atoms with Crippen molar-refractivity contribution in [2.45, 2.75) is 46.2 Å². The van der Waals surface area contributed by atoms with Crippen molar-refractivity contribution in [3.05, 3.63) is 35.9 Å². The standard InChI is InChI=1S/C23H38N6.HI/c1-7-29(8-2)15-11-12-18(3)26-23(24-4)25-17-19-16-22(28(5)6)27-21-14-10-9-13-20(19)21;/h9-10,13-14,16,18H,7-8,11-12,15,17H2,1-6H3,(H2,24,25,26);1H. The van der Waals surface area contributed by atoms with Gasteiger partial charge in [0.05, 0.1) is 5.52 Å². The third-order valence-electron chi connectivity index (χ3n) is 5.31. The number of halogens is 1. The summed E-state index contributed by atoms with van der Waals surface area (Å²) in [5, 5.41) is 8.18. The van der Waals surface area contributed by atoms with Gasteiger partial charge in [-0.3, -0.25) is 4.99 Å². The van der Waals surface area contributed by atoms with E-state index in [0.717, 1.165) is 43.3 Å². The Balaban J connectivity index is 0.00000450. The van der Waals surface area contributed by atoms with Crippen molar-refractivity contribution in [2.75, 3.05) is 45.7 Å². The van der Waals surface area contributed by atoms with E-state index >= 15 is 0 Å². The van der Waals surface area contributed by atoms with E-state index in [1.54, 1.807) is 0 Å². The van der Waals surface area contributed by atoms with Gasteiger partial charge in [0.1, 0.15) is 5.82 Å². The first-order chi connectivity index (χ1) is 14.0. The molecule has 7 heteroatoms. The van der Waals surface area contributed by atoms with Gasteiger partial charge >= 0.3 is 0 Å². The van der Waals surface area contributed by atoms with E-state index in [4.69, 9.17) is 4.98 Å². The molecular weight excluding hydrogens is 487 g/mol. The number of nitrogens with zero attached hydrogens (tertiary/aromatic N) is 4. The van der Waals surface area contributed by atoms with E-state index < -0.39 is 0 Å². The lowest BCUT2D eigenvalue weighted by Gasteiger charge is -2.21. The normalized spacial score (nSPS) is 12.6. The summed E-state index contributed by atoms with van der Waals surface area (Å²) in [4.78, 5) is 13.7. The van der Waals surface area contributed by atoms with Gasteiger partial charge in [-0.05, 0) is 57.1 Å². The topological polar surface area (TPSA) is 55.8 Å². The number of hydrogen-bond acceptors (Lipinski definition) is 4. The predicted molar refractivity (Wildman–Crippen MR) is 141 cm³/mol. The first-order valence-electron chi connectivity index (χ1n) is 10.7. The Hall–Kier alpha value is -1.61. The molecule has 1 aromatic heterocycles. The molecular formula is C23H39IN6. The number of nitrogens with one attached hydrogen (secondary N) is 2. The summed E-state index contributed by atoms with van der Waals surface area (Å²) in [6.45, 7) is 10.8. The van der Waals surface area contributed by atoms with Crippen LogP contribution in [-0.2, 0) is 6.54 Å². The molecule has 2 N–H and O–H groups in total. The monoisotopic (exact) mass is 526 g/mol. The van der Waals surface area contributed by atoms with Crippen LogP contribution in [0.4, 0.5) is 5.82 Å². The molecule has 0 aliphatic carbocycles. The Morgan fingerprint density at radius 2 is 1.87 bits per heavy atom. The van der Waals surface area contributed by atoms with Crippen LogP contribution in [-0.4, -0.2) is 62.7 Å². The molecule has 0 radical (unpaired) electrons. The van der Waals surface area contributed by atoms with E-state index in [0.29, 0.717) is 12.6 Å². The number of fused-ring (bicyclic) bond motifs is 1. The minimum Gasteiger partial charge on any atom is -0.363 e. The lowest BCUT2D eigenvalue weighted by atomic mass is 10.1. The second kappa shape index (κ2) is 13.6. The zero-order valence-electron chi connectivity index (χ0n) is 19.4. The number of para-hydroxylation sites is 1. The Morgan fingerprint density at radius 3 is 2.50 bits per heavy atom. The molecule has 2 aromatic rings. The van der Waals surface area contributed by atoms with Crippen molar-refractivity contribution >= 4 is 46.7 Å². The van der Waals surface area contributed by atoms with Gasteiger partial charge in [-0.15, -0.1) is 24.0 Å². The van der Waals surface area contributed by atoms with E-state index in [1.165, 1.54) is 17.4 Å². The van der Waals surface area contributed by atoms with Gasteiger partial charge < -0.3 is 20.4 Å². The van der Waals surface area contributed by atoms with Crippen molar-refractivity contribution < 1.29 is 0 Å². The molecule has 0 saturated carbocycles. The second-order valence-corrected chi connectivity index (χ2v) is 7.69. The Labute approximate surface area is 199 Å². The van der Waals surface area contributed by atoms with Crippen molar-refractivity contribution in [3.8, 4) is 0 Å². The van der Waals surface area contributed by atoms with Crippen LogP contribution in [0.3, 0.4) is 0 Å². The highest BCUT2D eigenvalue weighted by Gasteiger charge is 2.10. The maximum Gasteiger partial charge on any atom is 0.191 e. The predicted octanol–water partition coefficient (Wildman–Crippen LogP) is 4.09. The molecule has 0 aliphatic heterocycles. The molecule has 0 aliphatic rings. The Kier molecular flexibility index (Phi) is 12.0. The number of anilines is 1. The summed E-state index contributed by atoms with van der Waals surface area (Å²) in [6.07, 6.45) is 2.31. The molecule has 2 rings (SSSR count). The Morgan fingerprint density at radius 1 is 1.17 bits per heavy atom. The number of aromatic nitrogens is 1. The maximum absolute atomic E-state index is 4.74. The SMILES string of the molecule is CCN(CC)CCCC(C)NC(=NC)NCc1cc(N(C)C)nc2ccccc12.I. The molecule has 6 nitrogen and oxygen atoms in total. The third kappa shape index (κ3) is 7.91. The summed E-state index contributed by atoms with van der Waals surface area (Å²) in [7, 11) is 5.87. The van der Waals surface area contributed by atoms with Gasteiger partial charge in [0.2, 0.25) is 0 Å². The van der Waals surface area contributed by atoms with Crippen LogP contribution in [0.2, 0.25) is 0 Å². The quantitative estimate of drug-likeness (QED) is 0.278. The average molecular weight is 527 g/mol. The van der Waals surface area contributed by atoms with Crippen LogP contribution >= 0.6 is 24.0 Å².